The van der Waals surface area contributed by atoms with E-state index in [0.29, 0.717) is 32.5 Å². The maximum atomic E-state index is 11.9. The Morgan fingerprint density at radius 2 is 1.93 bits per heavy atom. The molecule has 1 aromatic heterocycles. The lowest BCUT2D eigenvalue weighted by molar-refractivity contribution is -0.225. The van der Waals surface area contributed by atoms with Crippen LogP contribution in [0.4, 0.5) is 4.79 Å². The van der Waals surface area contributed by atoms with Gasteiger partial charge in [0.1, 0.15) is 5.75 Å². The molecule has 0 bridgehead atoms. The first-order valence-electron chi connectivity index (χ1n) is 10.0. The van der Waals surface area contributed by atoms with E-state index in [1.807, 2.05) is 30.5 Å². The van der Waals surface area contributed by atoms with Gasteiger partial charge in [-0.15, -0.1) is 0 Å². The van der Waals surface area contributed by atoms with Gasteiger partial charge in [0.15, 0.2) is 0 Å². The van der Waals surface area contributed by atoms with Gasteiger partial charge in [0.2, 0.25) is 5.79 Å². The Morgan fingerprint density at radius 3 is 2.73 bits per heavy atom. The highest BCUT2D eigenvalue weighted by Gasteiger charge is 2.42. The Bertz CT molecular complexity index is 1090. The number of likely N-dealkylation sites (tertiary alicyclic amines) is 1. The Labute approximate surface area is 174 Å². The molecule has 154 valence electrons. The van der Waals surface area contributed by atoms with Crippen LogP contribution in [0.1, 0.15) is 18.4 Å². The van der Waals surface area contributed by atoms with Crippen LogP contribution in [0.15, 0.2) is 54.7 Å². The van der Waals surface area contributed by atoms with Crippen LogP contribution in [0.3, 0.4) is 0 Å². The number of hydroxylamine groups is 1. The summed E-state index contributed by atoms with van der Waals surface area (Å²) in [5.74, 6) is 0.153. The predicted molar refractivity (Wildman–Crippen MR) is 112 cm³/mol. The maximum Gasteiger partial charge on any atom is 0.341 e. The van der Waals surface area contributed by atoms with Gasteiger partial charge in [-0.1, -0.05) is 24.3 Å². The molecule has 30 heavy (non-hydrogen) atoms. The van der Waals surface area contributed by atoms with Crippen molar-refractivity contribution in [1.82, 2.24) is 15.4 Å². The van der Waals surface area contributed by atoms with Crippen LogP contribution >= 0.6 is 0 Å². The van der Waals surface area contributed by atoms with E-state index >= 15 is 0 Å². The van der Waals surface area contributed by atoms with Crippen molar-refractivity contribution in [3.63, 3.8) is 0 Å². The second-order valence-electron chi connectivity index (χ2n) is 7.64. The summed E-state index contributed by atoms with van der Waals surface area (Å²) >= 11 is 0. The number of carbonyl (C=O) groups excluding carboxylic acids is 1. The molecule has 7 nitrogen and oxygen atoms in total. The fourth-order valence-electron chi connectivity index (χ4n) is 4.08. The third-order valence-corrected chi connectivity index (χ3v) is 5.78. The van der Waals surface area contributed by atoms with Gasteiger partial charge in [-0.3, -0.25) is 9.82 Å². The summed E-state index contributed by atoms with van der Waals surface area (Å²) in [6, 6.07) is 16.2. The summed E-state index contributed by atoms with van der Waals surface area (Å²) in [6.45, 7) is 1.56. The molecule has 7 heteroatoms. The van der Waals surface area contributed by atoms with Crippen molar-refractivity contribution < 1.29 is 19.1 Å². The highest BCUT2D eigenvalue weighted by molar-refractivity contribution is 5.85. The normalized spacial score (nSPS) is 17.4. The van der Waals surface area contributed by atoms with E-state index in [1.165, 1.54) is 7.11 Å². The summed E-state index contributed by atoms with van der Waals surface area (Å²) in [7, 11) is 1.43. The molecule has 0 aliphatic carbocycles. The summed E-state index contributed by atoms with van der Waals surface area (Å²) in [5, 5.41) is 2.29. The van der Waals surface area contributed by atoms with Crippen LogP contribution in [0.25, 0.3) is 22.0 Å². The minimum absolute atomic E-state index is 0.240. The van der Waals surface area contributed by atoms with Gasteiger partial charge in [-0.25, -0.2) is 10.3 Å². The zero-order valence-electron chi connectivity index (χ0n) is 16.8. The Kier molecular flexibility index (Phi) is 4.77. The lowest BCUT2D eigenvalue weighted by atomic mass is 10.00. The van der Waals surface area contributed by atoms with Gasteiger partial charge in [0.05, 0.1) is 19.4 Å². The number of fused-ring (bicyclic) bond motifs is 2. The highest BCUT2D eigenvalue weighted by Crippen LogP contribution is 2.39. The number of nitrogens with zero attached hydrogens (tertiary/aromatic N) is 2. The fraction of sp³-hybridized carbons (Fsp3) is 0.304. The molecule has 5 rings (SSSR count). The lowest BCUT2D eigenvalue weighted by Gasteiger charge is -2.43. The average Bonchev–Trinajstić information content (AvgIpc) is 2.79. The molecule has 2 aliphatic heterocycles. The van der Waals surface area contributed by atoms with E-state index in [1.54, 1.807) is 4.90 Å². The van der Waals surface area contributed by atoms with Crippen molar-refractivity contribution in [3.05, 3.63) is 60.3 Å². The summed E-state index contributed by atoms with van der Waals surface area (Å²) in [4.78, 5) is 22.9. The number of carbonyl (C=O) groups is 1. The molecule has 1 fully saturated rings. The van der Waals surface area contributed by atoms with Gasteiger partial charge in [0, 0.05) is 48.6 Å². The molecule has 1 N–H and O–H groups in total. The van der Waals surface area contributed by atoms with Gasteiger partial charge in [0.25, 0.3) is 0 Å². The van der Waals surface area contributed by atoms with E-state index in [9.17, 15) is 4.79 Å². The Morgan fingerprint density at radius 1 is 1.13 bits per heavy atom. The first-order valence-corrected chi connectivity index (χ1v) is 10.0. The molecule has 0 saturated carbocycles. The van der Waals surface area contributed by atoms with Crippen LogP contribution in [0.2, 0.25) is 0 Å². The number of urea groups is 1. The second kappa shape index (κ2) is 7.59. The van der Waals surface area contributed by atoms with E-state index < -0.39 is 5.79 Å². The number of amides is 2. The van der Waals surface area contributed by atoms with Gasteiger partial charge < -0.3 is 14.4 Å². The molecule has 0 atom stereocenters. The van der Waals surface area contributed by atoms with Crippen molar-refractivity contribution >= 4 is 16.8 Å². The first-order chi connectivity index (χ1) is 14.7. The number of piperidine rings is 1. The van der Waals surface area contributed by atoms with Crippen LogP contribution in [-0.4, -0.2) is 41.9 Å². The summed E-state index contributed by atoms with van der Waals surface area (Å²) in [5.41, 5.74) is 5.32. The minimum Gasteiger partial charge on any atom is -0.462 e. The third-order valence-electron chi connectivity index (χ3n) is 5.78. The van der Waals surface area contributed by atoms with Crippen LogP contribution < -0.4 is 10.2 Å². The Balaban J connectivity index is 1.33. The molecule has 1 saturated heterocycles. The minimum atomic E-state index is -0.681. The largest absolute Gasteiger partial charge is 0.462 e. The molecule has 3 heterocycles. The number of benzene rings is 2. The number of hydrogen-bond donors (Lipinski definition) is 1. The molecule has 3 aromatic rings. The quantitative estimate of drug-likeness (QED) is 0.655. The standard InChI is InChI=1S/C23H23N3O4/c1-28-25-22(27)26-10-8-23(9-11-26)29-15-19-12-17(6-7-21(19)30-23)20-13-16-4-2-3-5-18(16)14-24-20/h2-7,12-14H,8-11,15H2,1H3,(H,25,27). The predicted octanol–water partition coefficient (Wildman–Crippen LogP) is 3.87. The topological polar surface area (TPSA) is 72.9 Å². The van der Waals surface area contributed by atoms with Gasteiger partial charge >= 0.3 is 6.03 Å². The maximum absolute atomic E-state index is 11.9. The zero-order chi connectivity index (χ0) is 20.6. The second-order valence-corrected chi connectivity index (χ2v) is 7.64. The average molecular weight is 405 g/mol. The molecule has 2 aliphatic rings. The zero-order valence-corrected chi connectivity index (χ0v) is 16.8. The van der Waals surface area contributed by atoms with Crippen molar-refractivity contribution in [1.29, 1.82) is 0 Å². The van der Waals surface area contributed by atoms with Crippen LogP contribution in [-0.2, 0) is 16.2 Å². The van der Waals surface area contributed by atoms with E-state index in [4.69, 9.17) is 14.3 Å². The van der Waals surface area contributed by atoms with Crippen molar-refractivity contribution in [3.8, 4) is 17.0 Å². The van der Waals surface area contributed by atoms with Crippen molar-refractivity contribution in [2.24, 2.45) is 0 Å². The number of pyridine rings is 1. The number of ether oxygens (including phenoxy) is 2. The molecule has 1 spiro atoms. The van der Waals surface area contributed by atoms with E-state index in [-0.39, 0.29) is 6.03 Å². The van der Waals surface area contributed by atoms with Crippen LogP contribution in [0.5, 0.6) is 5.75 Å². The third kappa shape index (κ3) is 3.46. The number of nitrogens with one attached hydrogen (secondary N) is 1. The van der Waals surface area contributed by atoms with E-state index in [2.05, 4.69) is 34.7 Å². The SMILES string of the molecule is CONC(=O)N1CCC2(CC1)OCc1cc(-c3cc4ccccc4cn3)ccc1O2. The van der Waals surface area contributed by atoms with E-state index in [0.717, 1.165) is 33.3 Å². The number of hydrogen-bond acceptors (Lipinski definition) is 5. The molecule has 0 radical (unpaired) electrons. The van der Waals surface area contributed by atoms with Crippen LogP contribution in [0, 0.1) is 0 Å². The summed E-state index contributed by atoms with van der Waals surface area (Å²) in [6.07, 6.45) is 3.12. The number of aromatic nitrogens is 1. The van der Waals surface area contributed by atoms with Crippen molar-refractivity contribution in [2.45, 2.75) is 25.2 Å². The van der Waals surface area contributed by atoms with Gasteiger partial charge in [-0.2, -0.15) is 0 Å². The monoisotopic (exact) mass is 405 g/mol. The molecule has 0 unspecified atom stereocenters. The van der Waals surface area contributed by atoms with Crippen molar-refractivity contribution in [2.75, 3.05) is 20.2 Å². The highest BCUT2D eigenvalue weighted by atomic mass is 16.7. The fourth-order valence-corrected chi connectivity index (χ4v) is 4.08. The molecular weight excluding hydrogens is 382 g/mol. The molecular formula is C23H23N3O4. The lowest BCUT2D eigenvalue weighted by Crippen LogP contribution is -2.54. The molecule has 2 aromatic carbocycles. The summed E-state index contributed by atoms with van der Waals surface area (Å²) < 4.78 is 12.4. The number of rotatable bonds is 2. The smallest absolute Gasteiger partial charge is 0.341 e. The molecule has 2 amide bonds. The Hall–Kier alpha value is -3.16. The first kappa shape index (κ1) is 18.8. The van der Waals surface area contributed by atoms with Gasteiger partial charge in [-0.05, 0) is 29.7 Å².